The largest absolute Gasteiger partial charge is 0.494 e. The molecular weight excluding hydrogens is 468 g/mol. The minimum atomic E-state index is -0.781. The average Bonchev–Trinajstić information content (AvgIpc) is 3.27. The van der Waals surface area contributed by atoms with Gasteiger partial charge >= 0.3 is 12.0 Å². The summed E-state index contributed by atoms with van der Waals surface area (Å²) in [4.78, 5) is 33.7. The van der Waals surface area contributed by atoms with Crippen LogP contribution < -0.4 is 20.1 Å². The Morgan fingerprint density at radius 2 is 1.86 bits per heavy atom. The van der Waals surface area contributed by atoms with Crippen molar-refractivity contribution in [3.8, 4) is 11.5 Å². The number of para-hydroxylation sites is 2. The van der Waals surface area contributed by atoms with E-state index >= 15 is 0 Å². The van der Waals surface area contributed by atoms with E-state index in [1.807, 2.05) is 38.1 Å². The average molecular weight is 497 g/mol. The lowest BCUT2D eigenvalue weighted by Gasteiger charge is -2.30. The van der Waals surface area contributed by atoms with E-state index in [9.17, 15) is 9.59 Å². The van der Waals surface area contributed by atoms with Gasteiger partial charge in [-0.05, 0) is 51.1 Å². The van der Waals surface area contributed by atoms with Gasteiger partial charge in [-0.15, -0.1) is 0 Å². The van der Waals surface area contributed by atoms with E-state index in [2.05, 4.69) is 20.6 Å². The molecule has 0 unspecified atom stereocenters. The zero-order valence-corrected chi connectivity index (χ0v) is 20.7. The van der Waals surface area contributed by atoms with Gasteiger partial charge in [0, 0.05) is 17.0 Å². The van der Waals surface area contributed by atoms with E-state index in [-0.39, 0.29) is 6.61 Å². The SMILES string of the molecule is CCOC(=O)C1=C(CSc2nc3ccccc3[nH]2)NC(=O)N[C@H]1c1cc(OCC)ccc1OCC. The van der Waals surface area contributed by atoms with Gasteiger partial charge in [0.2, 0.25) is 0 Å². The van der Waals surface area contributed by atoms with Crippen LogP contribution in [-0.2, 0) is 9.53 Å². The highest BCUT2D eigenvalue weighted by atomic mass is 32.2. The van der Waals surface area contributed by atoms with Crippen molar-refractivity contribution in [2.75, 3.05) is 25.6 Å². The molecule has 1 aliphatic rings. The third-order valence-corrected chi connectivity index (χ3v) is 6.17. The quantitative estimate of drug-likeness (QED) is 0.283. The molecule has 1 aliphatic heterocycles. The molecule has 0 saturated heterocycles. The molecule has 2 heterocycles. The van der Waals surface area contributed by atoms with Crippen LogP contribution in [0.5, 0.6) is 11.5 Å². The number of carbonyl (C=O) groups is 2. The maximum absolute atomic E-state index is 13.2. The summed E-state index contributed by atoms with van der Waals surface area (Å²) in [5.41, 5.74) is 3.13. The number of aromatic amines is 1. The van der Waals surface area contributed by atoms with E-state index in [0.29, 0.717) is 52.5 Å². The number of esters is 1. The lowest BCUT2D eigenvalue weighted by atomic mass is 9.94. The Balaban J connectivity index is 1.74. The van der Waals surface area contributed by atoms with Gasteiger partial charge in [0.15, 0.2) is 5.16 Å². The summed E-state index contributed by atoms with van der Waals surface area (Å²) in [6.45, 7) is 6.61. The number of fused-ring (bicyclic) bond motifs is 1. The second-order valence-electron chi connectivity index (χ2n) is 7.56. The monoisotopic (exact) mass is 496 g/mol. The van der Waals surface area contributed by atoms with Crippen molar-refractivity contribution >= 4 is 34.8 Å². The molecule has 3 aromatic rings. The number of imidazole rings is 1. The Bertz CT molecular complexity index is 1220. The van der Waals surface area contributed by atoms with Crippen LogP contribution in [0.15, 0.2) is 58.9 Å². The van der Waals surface area contributed by atoms with Gasteiger partial charge in [-0.25, -0.2) is 14.6 Å². The van der Waals surface area contributed by atoms with Gasteiger partial charge in [-0.3, -0.25) is 0 Å². The first kappa shape index (κ1) is 24.5. The van der Waals surface area contributed by atoms with E-state index in [1.54, 1.807) is 25.1 Å². The minimum Gasteiger partial charge on any atom is -0.494 e. The van der Waals surface area contributed by atoms with Crippen LogP contribution in [0.4, 0.5) is 4.79 Å². The zero-order valence-electron chi connectivity index (χ0n) is 19.8. The van der Waals surface area contributed by atoms with Gasteiger partial charge in [0.05, 0.1) is 42.5 Å². The fourth-order valence-corrected chi connectivity index (χ4v) is 4.70. The molecule has 0 radical (unpaired) electrons. The first-order chi connectivity index (χ1) is 17.0. The maximum Gasteiger partial charge on any atom is 0.338 e. The number of urea groups is 1. The van der Waals surface area contributed by atoms with Crippen LogP contribution >= 0.6 is 11.8 Å². The van der Waals surface area contributed by atoms with Crippen LogP contribution in [0.2, 0.25) is 0 Å². The number of rotatable bonds is 10. The summed E-state index contributed by atoms with van der Waals surface area (Å²) < 4.78 is 16.9. The Labute approximate surface area is 207 Å². The molecule has 9 nitrogen and oxygen atoms in total. The molecule has 0 bridgehead atoms. The third kappa shape index (κ3) is 5.54. The molecule has 1 aromatic heterocycles. The maximum atomic E-state index is 13.2. The van der Waals surface area contributed by atoms with E-state index < -0.39 is 18.0 Å². The molecule has 0 saturated carbocycles. The number of ether oxygens (including phenoxy) is 3. The highest BCUT2D eigenvalue weighted by Crippen LogP contribution is 2.37. The fourth-order valence-electron chi connectivity index (χ4n) is 3.85. The number of thioether (sulfide) groups is 1. The van der Waals surface area contributed by atoms with Crippen LogP contribution in [0.3, 0.4) is 0 Å². The number of H-pyrrole nitrogens is 1. The Hall–Kier alpha value is -3.66. The topological polar surface area (TPSA) is 115 Å². The van der Waals surface area contributed by atoms with Crippen molar-refractivity contribution in [2.24, 2.45) is 0 Å². The summed E-state index contributed by atoms with van der Waals surface area (Å²) in [7, 11) is 0. The zero-order chi connectivity index (χ0) is 24.8. The number of hydrogen-bond donors (Lipinski definition) is 3. The van der Waals surface area contributed by atoms with Gasteiger partial charge in [-0.1, -0.05) is 23.9 Å². The molecule has 4 rings (SSSR count). The van der Waals surface area contributed by atoms with Crippen molar-refractivity contribution < 1.29 is 23.8 Å². The molecule has 0 aliphatic carbocycles. The van der Waals surface area contributed by atoms with E-state index in [1.165, 1.54) is 11.8 Å². The Morgan fingerprint density at radius 3 is 2.60 bits per heavy atom. The molecular formula is C25H28N4O5S. The number of nitrogens with zero attached hydrogens (tertiary/aromatic N) is 1. The molecule has 0 spiro atoms. The third-order valence-electron chi connectivity index (χ3n) is 5.27. The molecule has 2 aromatic carbocycles. The Morgan fingerprint density at radius 1 is 1.06 bits per heavy atom. The molecule has 1 atom stereocenters. The summed E-state index contributed by atoms with van der Waals surface area (Å²) in [6, 6.07) is 11.9. The van der Waals surface area contributed by atoms with Crippen molar-refractivity contribution in [1.82, 2.24) is 20.6 Å². The fraction of sp³-hybridized carbons (Fsp3) is 0.320. The van der Waals surface area contributed by atoms with Gasteiger partial charge in [0.25, 0.3) is 0 Å². The van der Waals surface area contributed by atoms with Crippen LogP contribution in [0.1, 0.15) is 32.4 Å². The lowest BCUT2D eigenvalue weighted by Crippen LogP contribution is -2.46. The number of benzene rings is 2. The normalized spacial score (nSPS) is 15.5. The van der Waals surface area contributed by atoms with Gasteiger partial charge in [0.1, 0.15) is 11.5 Å². The minimum absolute atomic E-state index is 0.199. The highest BCUT2D eigenvalue weighted by molar-refractivity contribution is 7.99. The second-order valence-corrected chi connectivity index (χ2v) is 8.52. The van der Waals surface area contributed by atoms with Gasteiger partial charge < -0.3 is 29.8 Å². The Kier molecular flexibility index (Phi) is 7.81. The number of aromatic nitrogens is 2. The van der Waals surface area contributed by atoms with Crippen LogP contribution in [-0.4, -0.2) is 47.5 Å². The molecule has 10 heteroatoms. The molecule has 35 heavy (non-hydrogen) atoms. The number of carbonyl (C=O) groups excluding carboxylic acids is 2. The first-order valence-electron chi connectivity index (χ1n) is 11.5. The smallest absolute Gasteiger partial charge is 0.338 e. The molecule has 2 amide bonds. The predicted molar refractivity (Wildman–Crippen MR) is 134 cm³/mol. The number of hydrogen-bond acceptors (Lipinski definition) is 7. The summed E-state index contributed by atoms with van der Waals surface area (Å²) in [5, 5.41) is 6.34. The molecule has 184 valence electrons. The summed E-state index contributed by atoms with van der Waals surface area (Å²) in [6.07, 6.45) is 0. The number of amides is 2. The lowest BCUT2D eigenvalue weighted by molar-refractivity contribution is -0.139. The van der Waals surface area contributed by atoms with Gasteiger partial charge in [-0.2, -0.15) is 0 Å². The van der Waals surface area contributed by atoms with Crippen LogP contribution in [0.25, 0.3) is 11.0 Å². The summed E-state index contributed by atoms with van der Waals surface area (Å²) >= 11 is 1.39. The van der Waals surface area contributed by atoms with Crippen molar-refractivity contribution in [3.05, 3.63) is 59.3 Å². The highest BCUT2D eigenvalue weighted by Gasteiger charge is 2.35. The molecule has 0 fully saturated rings. The van der Waals surface area contributed by atoms with Crippen molar-refractivity contribution in [2.45, 2.75) is 32.0 Å². The molecule has 3 N–H and O–H groups in total. The first-order valence-corrected chi connectivity index (χ1v) is 12.5. The standard InChI is InChI=1S/C25H28N4O5S/c1-4-32-15-11-12-20(33-5-2)16(13-15)22-21(23(30)34-6-3)19(26-24(31)29-22)14-35-25-27-17-9-7-8-10-18(17)28-25/h7-13,22H,4-6,14H2,1-3H3,(H,27,28)(H2,26,29,31)/t22-/m0/s1. The van der Waals surface area contributed by atoms with E-state index in [0.717, 1.165) is 11.0 Å². The predicted octanol–water partition coefficient (Wildman–Crippen LogP) is 4.32. The van der Waals surface area contributed by atoms with Crippen molar-refractivity contribution in [3.63, 3.8) is 0 Å². The van der Waals surface area contributed by atoms with Crippen molar-refractivity contribution in [1.29, 1.82) is 0 Å². The van der Waals surface area contributed by atoms with Crippen LogP contribution in [0, 0.1) is 0 Å². The number of nitrogens with one attached hydrogen (secondary N) is 3. The second kappa shape index (κ2) is 11.2. The summed E-state index contributed by atoms with van der Waals surface area (Å²) in [5.74, 6) is 0.941. The van der Waals surface area contributed by atoms with E-state index in [4.69, 9.17) is 14.2 Å².